The monoisotopic (exact) mass is 905 g/mol. The number of aliphatic hydroxyl groups is 10. The molecule has 2 aliphatic carbocycles. The van der Waals surface area contributed by atoms with Gasteiger partial charge in [-0.1, -0.05) is 0 Å². The van der Waals surface area contributed by atoms with E-state index < -0.39 is 172 Å². The van der Waals surface area contributed by atoms with E-state index in [-0.39, 0.29) is 25.5 Å². The molecule has 4 heterocycles. The van der Waals surface area contributed by atoms with Gasteiger partial charge >= 0.3 is 0 Å². The van der Waals surface area contributed by atoms with Gasteiger partial charge in [0, 0.05) is 37.3 Å². The number of hydrogen-bond acceptors (Lipinski definition) is 27. The maximum atomic E-state index is 11.0. The molecule has 0 amide bonds. The highest BCUT2D eigenvalue weighted by Gasteiger charge is 2.53. The Morgan fingerprint density at radius 1 is 0.387 bits per heavy atom. The van der Waals surface area contributed by atoms with Crippen LogP contribution in [0.15, 0.2) is 0 Å². The number of rotatable bonds is 12. The molecule has 28 N–H and O–H groups in total. The minimum absolute atomic E-state index is 0.114. The molecule has 6 aliphatic rings. The summed E-state index contributed by atoms with van der Waals surface area (Å²) in [5.41, 5.74) is 53.6. The average molecular weight is 906 g/mol. The Balaban J connectivity index is 0.000000234. The second-order valence-corrected chi connectivity index (χ2v) is 16.9. The molecule has 0 bridgehead atoms. The Labute approximate surface area is 357 Å². The van der Waals surface area contributed by atoms with Crippen LogP contribution in [-0.4, -0.2) is 242 Å². The molecule has 364 valence electrons. The third kappa shape index (κ3) is 11.4. The van der Waals surface area contributed by atoms with Crippen molar-refractivity contribution in [2.75, 3.05) is 26.3 Å². The zero-order valence-electron chi connectivity index (χ0n) is 34.2. The minimum Gasteiger partial charge on any atom is -0.394 e. The van der Waals surface area contributed by atoms with Crippen molar-refractivity contribution >= 4 is 0 Å². The third-order valence-corrected chi connectivity index (χ3v) is 12.5. The number of aliphatic hydroxyl groups excluding tert-OH is 10. The van der Waals surface area contributed by atoms with Crippen molar-refractivity contribution < 1.29 is 89.0 Å². The standard InChI is InChI=1S/C18H37N5O8.C17H34N4O10/c19-4-6-1-2-7(20)17(28-6)30-15-8(21)3-9(22)16(14(15)27)31-18-13(26)11(23)12(25)10(5-24)29-18;18-2-6-10(24)12(26)8(21)16(28-6)30-14-5(20)1-4(19)9(23)15(14)31-17-13(27)11(25)7(3-22)29-17/h6-18,24-27H,1-5,19-23H2;4-17,22-27H,1-3,18-21H2/t6-,7+,8-,9+,10+,11-,12+,13+,14-,15+,16-,17+,18+;4-,5+,6-,7-,8-,9+,10-,11-,12-,13-,14-,15-,16-,17+/m01/s1. The van der Waals surface area contributed by atoms with Crippen LogP contribution in [0.4, 0.5) is 0 Å². The van der Waals surface area contributed by atoms with E-state index in [9.17, 15) is 51.1 Å². The molecule has 27 atom stereocenters. The summed E-state index contributed by atoms with van der Waals surface area (Å²) in [6, 6.07) is -5.57. The Morgan fingerprint density at radius 2 is 0.871 bits per heavy atom. The van der Waals surface area contributed by atoms with E-state index in [1.54, 1.807) is 0 Å². The molecule has 4 saturated heterocycles. The summed E-state index contributed by atoms with van der Waals surface area (Å²) in [5.74, 6) is 0. The highest BCUT2D eigenvalue weighted by atomic mass is 16.7. The van der Waals surface area contributed by atoms with Crippen LogP contribution in [0, 0.1) is 0 Å². The summed E-state index contributed by atoms with van der Waals surface area (Å²) in [7, 11) is 0. The fourth-order valence-corrected chi connectivity index (χ4v) is 8.52. The summed E-state index contributed by atoms with van der Waals surface area (Å²) in [5, 5.41) is 101. The molecule has 4 aliphatic heterocycles. The van der Waals surface area contributed by atoms with E-state index in [0.29, 0.717) is 19.4 Å². The molecule has 62 heavy (non-hydrogen) atoms. The van der Waals surface area contributed by atoms with Crippen molar-refractivity contribution in [2.45, 2.75) is 191 Å². The van der Waals surface area contributed by atoms with Crippen LogP contribution < -0.4 is 51.6 Å². The summed E-state index contributed by atoms with van der Waals surface area (Å²) < 4.78 is 45.4. The SMILES string of the molecule is NC[C@@H]1CC[C@@H](N)[C@@H](O[C@H]2[C@H](O)[C@@H](O[C@H]3O[C@H](CO)[C@@H](O)[C@H](N)[C@H]3O)[C@H](N)C[C@@H]2N)O1.NC[C@H]1O[C@H](O[C@H]2[C@H](O[C@@H]3O[C@H](CO)[C@@H](O)[C@H]3O)[C@@H](O)[C@H](N)C[C@@H]2N)[C@H](N)[C@@H](O)[C@@H]1O. The Kier molecular flexibility index (Phi) is 18.9. The van der Waals surface area contributed by atoms with Gasteiger partial charge in [0.25, 0.3) is 0 Å². The van der Waals surface area contributed by atoms with Gasteiger partial charge in [0.2, 0.25) is 0 Å². The van der Waals surface area contributed by atoms with Gasteiger partial charge in [0.15, 0.2) is 25.2 Å². The Hall–Kier alpha value is -1.08. The highest BCUT2D eigenvalue weighted by Crippen LogP contribution is 2.33. The predicted molar refractivity (Wildman–Crippen MR) is 209 cm³/mol. The highest BCUT2D eigenvalue weighted by molar-refractivity contribution is 5.03. The Bertz CT molecular complexity index is 1360. The first-order chi connectivity index (χ1) is 29.3. The van der Waals surface area contributed by atoms with E-state index in [1.165, 1.54) is 0 Å². The largest absolute Gasteiger partial charge is 0.394 e. The molecule has 0 aromatic rings. The topological polar surface area (TPSA) is 510 Å². The molecule has 27 nitrogen and oxygen atoms in total. The maximum absolute atomic E-state index is 11.0. The fraction of sp³-hybridized carbons (Fsp3) is 1.00. The second kappa shape index (κ2) is 22.6. The van der Waals surface area contributed by atoms with Gasteiger partial charge in [-0.3, -0.25) is 0 Å². The second-order valence-electron chi connectivity index (χ2n) is 16.9. The van der Waals surface area contributed by atoms with Gasteiger partial charge < -0.3 is 141 Å². The first-order valence-corrected chi connectivity index (χ1v) is 20.9. The molecule has 0 spiro atoms. The van der Waals surface area contributed by atoms with E-state index in [2.05, 4.69) is 0 Å². The van der Waals surface area contributed by atoms with Crippen LogP contribution in [0.25, 0.3) is 0 Å². The summed E-state index contributed by atoms with van der Waals surface area (Å²) in [4.78, 5) is 0. The molecule has 27 heteroatoms. The first kappa shape index (κ1) is 51.9. The van der Waals surface area contributed by atoms with Crippen molar-refractivity contribution in [1.82, 2.24) is 0 Å². The van der Waals surface area contributed by atoms with Gasteiger partial charge in [0.1, 0.15) is 85.5 Å². The van der Waals surface area contributed by atoms with Crippen molar-refractivity contribution in [3.8, 4) is 0 Å². The van der Waals surface area contributed by atoms with Gasteiger partial charge in [-0.2, -0.15) is 0 Å². The van der Waals surface area contributed by atoms with Gasteiger partial charge in [0.05, 0.1) is 43.5 Å². The summed E-state index contributed by atoms with van der Waals surface area (Å²) in [6.07, 6.45) is -21.5. The lowest BCUT2D eigenvalue weighted by molar-refractivity contribution is -0.313. The quantitative estimate of drug-likeness (QED) is 0.0864. The summed E-state index contributed by atoms with van der Waals surface area (Å²) >= 11 is 0. The smallest absolute Gasteiger partial charge is 0.187 e. The zero-order chi connectivity index (χ0) is 45.9. The third-order valence-electron chi connectivity index (χ3n) is 12.5. The van der Waals surface area contributed by atoms with Crippen molar-refractivity contribution in [2.24, 2.45) is 51.6 Å². The van der Waals surface area contributed by atoms with Crippen LogP contribution >= 0.6 is 0 Å². The molecular weight excluding hydrogens is 834 g/mol. The number of hydrogen-bond donors (Lipinski definition) is 19. The van der Waals surface area contributed by atoms with Crippen molar-refractivity contribution in [3.05, 3.63) is 0 Å². The normalized spacial score (nSPS) is 52.6. The maximum Gasteiger partial charge on any atom is 0.187 e. The minimum atomic E-state index is -1.51. The van der Waals surface area contributed by atoms with Crippen molar-refractivity contribution in [3.63, 3.8) is 0 Å². The molecule has 0 aromatic carbocycles. The molecule has 0 aromatic heterocycles. The van der Waals surface area contributed by atoms with Gasteiger partial charge in [-0.15, -0.1) is 0 Å². The first-order valence-electron chi connectivity index (χ1n) is 20.9. The number of nitrogens with two attached hydrogens (primary N) is 9. The van der Waals surface area contributed by atoms with Crippen LogP contribution in [0.2, 0.25) is 0 Å². The van der Waals surface area contributed by atoms with Gasteiger partial charge in [-0.25, -0.2) is 0 Å². The van der Waals surface area contributed by atoms with Crippen LogP contribution in [-0.2, 0) is 37.9 Å². The lowest BCUT2D eigenvalue weighted by atomic mass is 9.84. The lowest BCUT2D eigenvalue weighted by Gasteiger charge is -2.47. The molecule has 2 saturated carbocycles. The lowest BCUT2D eigenvalue weighted by Crippen LogP contribution is -2.68. The van der Waals surface area contributed by atoms with Crippen LogP contribution in [0.5, 0.6) is 0 Å². The molecule has 6 rings (SSSR count). The molecule has 0 unspecified atom stereocenters. The van der Waals surface area contributed by atoms with E-state index in [0.717, 1.165) is 0 Å². The van der Waals surface area contributed by atoms with Crippen molar-refractivity contribution in [1.29, 1.82) is 0 Å². The van der Waals surface area contributed by atoms with E-state index >= 15 is 0 Å². The molecule has 6 fully saturated rings. The van der Waals surface area contributed by atoms with E-state index in [4.69, 9.17) is 89.5 Å². The van der Waals surface area contributed by atoms with E-state index in [1.807, 2.05) is 0 Å². The fourth-order valence-electron chi connectivity index (χ4n) is 8.52. The average Bonchev–Trinajstić information content (AvgIpc) is 3.52. The predicted octanol–water partition coefficient (Wildman–Crippen LogP) is -11.9. The molecular formula is C35H71N9O18. The Morgan fingerprint density at radius 3 is 1.44 bits per heavy atom. The van der Waals surface area contributed by atoms with Gasteiger partial charge in [-0.05, 0) is 25.7 Å². The van der Waals surface area contributed by atoms with Crippen LogP contribution in [0.3, 0.4) is 0 Å². The zero-order valence-corrected chi connectivity index (χ0v) is 34.2. The van der Waals surface area contributed by atoms with Crippen LogP contribution in [0.1, 0.15) is 25.7 Å². The molecule has 0 radical (unpaired) electrons. The summed E-state index contributed by atoms with van der Waals surface area (Å²) in [6.45, 7) is -0.888. The number of ether oxygens (including phenoxy) is 8.